The first kappa shape index (κ1) is 34.3. The number of hydrogen-bond acceptors (Lipinski definition) is 6. The van der Waals surface area contributed by atoms with Gasteiger partial charge in [0.05, 0.1) is 43.7 Å². The molecule has 14 heteroatoms. The summed E-state index contributed by atoms with van der Waals surface area (Å²) in [6.07, 6.45) is -11.9. The van der Waals surface area contributed by atoms with Crippen molar-refractivity contribution in [1.82, 2.24) is 4.90 Å². The molecule has 248 valence electrons. The van der Waals surface area contributed by atoms with Gasteiger partial charge >= 0.3 is 24.5 Å². The molecule has 4 rings (SSSR count). The lowest BCUT2D eigenvalue weighted by molar-refractivity contribution is -0.143. The zero-order chi connectivity index (χ0) is 33.8. The number of carbonyl (C=O) groups is 2. The first-order valence-electron chi connectivity index (χ1n) is 14.2. The Morgan fingerprint density at radius 3 is 2.07 bits per heavy atom. The molecule has 1 aliphatic heterocycles. The van der Waals surface area contributed by atoms with Crippen LogP contribution in [0, 0.1) is 0 Å². The van der Waals surface area contributed by atoms with Gasteiger partial charge in [0, 0.05) is 24.2 Å². The fraction of sp³-hybridized carbons (Fsp3) is 0.375. The summed E-state index contributed by atoms with van der Waals surface area (Å²) in [5, 5.41) is 0. The molecule has 0 N–H and O–H groups in total. The van der Waals surface area contributed by atoms with Gasteiger partial charge in [-0.1, -0.05) is 30.3 Å². The number of nitrogens with zero attached hydrogens (tertiary/aromatic N) is 2. The van der Waals surface area contributed by atoms with Crippen molar-refractivity contribution in [3.8, 4) is 11.5 Å². The maximum absolute atomic E-state index is 13.6. The van der Waals surface area contributed by atoms with Crippen molar-refractivity contribution in [2.75, 3.05) is 25.7 Å². The average Bonchev–Trinajstić information content (AvgIpc) is 3.01. The monoisotopic (exact) mass is 654 g/mol. The lowest BCUT2D eigenvalue weighted by atomic mass is 9.90. The minimum absolute atomic E-state index is 0.0169. The molecule has 8 nitrogen and oxygen atoms in total. The molecule has 0 saturated heterocycles. The first-order valence-corrected chi connectivity index (χ1v) is 14.2. The Bertz CT molecular complexity index is 1510. The highest BCUT2D eigenvalue weighted by molar-refractivity contribution is 5.91. The number of amides is 2. The highest BCUT2D eigenvalue weighted by Gasteiger charge is 2.42. The van der Waals surface area contributed by atoms with Crippen molar-refractivity contribution in [1.29, 1.82) is 0 Å². The quantitative estimate of drug-likeness (QED) is 0.227. The molecule has 0 bridgehead atoms. The molecule has 2 amide bonds. The van der Waals surface area contributed by atoms with Crippen LogP contribution in [0.1, 0.15) is 54.1 Å². The van der Waals surface area contributed by atoms with E-state index in [0.29, 0.717) is 17.7 Å². The zero-order valence-electron chi connectivity index (χ0n) is 25.4. The van der Waals surface area contributed by atoms with E-state index in [1.54, 1.807) is 13.8 Å². The first-order chi connectivity index (χ1) is 21.7. The third-order valence-corrected chi connectivity index (χ3v) is 7.42. The topological polar surface area (TPSA) is 77.5 Å². The Morgan fingerprint density at radius 2 is 1.52 bits per heavy atom. The summed E-state index contributed by atoms with van der Waals surface area (Å²) in [6.45, 7) is 2.81. The minimum Gasteiger partial charge on any atom is -0.493 e. The number of anilines is 1. The molecule has 0 unspecified atom stereocenters. The number of benzene rings is 3. The molecule has 0 radical (unpaired) electrons. The van der Waals surface area contributed by atoms with Crippen LogP contribution in [0.25, 0.3) is 0 Å². The predicted molar refractivity (Wildman–Crippen MR) is 154 cm³/mol. The molecule has 1 heterocycles. The van der Waals surface area contributed by atoms with Gasteiger partial charge < -0.3 is 18.9 Å². The molecule has 2 atom stereocenters. The summed E-state index contributed by atoms with van der Waals surface area (Å²) in [5.74, 6) is 0.450. The second-order valence-electron chi connectivity index (χ2n) is 10.5. The molecule has 3 aromatic carbocycles. The van der Waals surface area contributed by atoms with Gasteiger partial charge in [0.15, 0.2) is 11.5 Å². The predicted octanol–water partition coefficient (Wildman–Crippen LogP) is 8.38. The summed E-state index contributed by atoms with van der Waals surface area (Å²) in [6, 6.07) is 11.8. The van der Waals surface area contributed by atoms with E-state index in [0.717, 1.165) is 17.6 Å². The number of fused-ring (bicyclic) bond motifs is 1. The van der Waals surface area contributed by atoms with Gasteiger partial charge in [-0.25, -0.2) is 9.59 Å². The Balaban J connectivity index is 1.84. The van der Waals surface area contributed by atoms with Crippen LogP contribution in [0.3, 0.4) is 0 Å². The number of alkyl halides is 6. The molecule has 0 aromatic heterocycles. The Morgan fingerprint density at radius 1 is 0.891 bits per heavy atom. The summed E-state index contributed by atoms with van der Waals surface area (Å²) in [7, 11) is 2.42. The van der Waals surface area contributed by atoms with Gasteiger partial charge in [-0.15, -0.1) is 0 Å². The van der Waals surface area contributed by atoms with Crippen LogP contribution in [0.4, 0.5) is 41.6 Å². The molecule has 3 aromatic rings. The number of carbonyl (C=O) groups excluding carboxylic acids is 2. The third kappa shape index (κ3) is 7.60. The van der Waals surface area contributed by atoms with Gasteiger partial charge in [-0.3, -0.25) is 9.80 Å². The van der Waals surface area contributed by atoms with Crippen molar-refractivity contribution in [3.63, 3.8) is 0 Å². The summed E-state index contributed by atoms with van der Waals surface area (Å²) in [5.41, 5.74) is -2.07. The molecule has 0 aliphatic carbocycles. The van der Waals surface area contributed by atoms with Gasteiger partial charge in [-0.2, -0.15) is 26.3 Å². The second kappa shape index (κ2) is 13.8. The number of rotatable bonds is 8. The van der Waals surface area contributed by atoms with Crippen molar-refractivity contribution in [2.24, 2.45) is 0 Å². The van der Waals surface area contributed by atoms with E-state index in [-0.39, 0.29) is 42.9 Å². The van der Waals surface area contributed by atoms with Crippen LogP contribution >= 0.6 is 0 Å². The van der Waals surface area contributed by atoms with E-state index in [1.165, 1.54) is 24.1 Å². The molecule has 0 saturated carbocycles. The van der Waals surface area contributed by atoms with Gasteiger partial charge in [0.1, 0.15) is 6.61 Å². The van der Waals surface area contributed by atoms with Crippen molar-refractivity contribution < 1.29 is 54.9 Å². The standard InChI is InChI=1S/C32H32F6N2O6/c1-5-45-30(42)40-19(2)11-25(24-15-27(43-3)28(16-26(24)40)46-18-20-9-7-6-8-10-20)39(29(41)44-4)17-21-12-22(31(33,34)35)14-23(13-21)32(36,37)38/h6-10,12-16,19,25H,5,11,17-18H2,1-4H3/t19-,25+/m1/s1. The highest BCUT2D eigenvalue weighted by atomic mass is 19.4. The highest BCUT2D eigenvalue weighted by Crippen LogP contribution is 2.47. The lowest BCUT2D eigenvalue weighted by Gasteiger charge is -2.42. The Kier molecular flexibility index (Phi) is 10.3. The third-order valence-electron chi connectivity index (χ3n) is 7.42. The summed E-state index contributed by atoms with van der Waals surface area (Å²) in [4.78, 5) is 28.7. The minimum atomic E-state index is -5.08. The summed E-state index contributed by atoms with van der Waals surface area (Å²) >= 11 is 0. The Hall–Kier alpha value is -4.62. The molecule has 1 aliphatic rings. The number of hydrogen-bond donors (Lipinski definition) is 0. The van der Waals surface area contributed by atoms with Crippen molar-refractivity contribution in [2.45, 2.75) is 57.9 Å². The van der Waals surface area contributed by atoms with Crippen LogP contribution in [-0.2, 0) is 35.0 Å². The molecule has 0 spiro atoms. The van der Waals surface area contributed by atoms with E-state index >= 15 is 0 Å². The zero-order valence-corrected chi connectivity index (χ0v) is 25.4. The van der Waals surface area contributed by atoms with Crippen molar-refractivity contribution >= 4 is 17.9 Å². The largest absolute Gasteiger partial charge is 0.493 e. The maximum Gasteiger partial charge on any atom is 0.416 e. The van der Waals surface area contributed by atoms with E-state index in [1.807, 2.05) is 30.3 Å². The molecular weight excluding hydrogens is 622 g/mol. The van der Waals surface area contributed by atoms with E-state index in [4.69, 9.17) is 18.9 Å². The smallest absolute Gasteiger partial charge is 0.416 e. The van der Waals surface area contributed by atoms with Crippen LogP contribution < -0.4 is 14.4 Å². The van der Waals surface area contributed by atoms with Crippen LogP contribution in [0.15, 0.2) is 60.7 Å². The van der Waals surface area contributed by atoms with Crippen LogP contribution in [0.2, 0.25) is 0 Å². The average molecular weight is 655 g/mol. The number of halogens is 6. The molecular formula is C32H32F6N2O6. The van der Waals surface area contributed by atoms with Crippen LogP contribution in [-0.4, -0.2) is 44.0 Å². The fourth-order valence-electron chi connectivity index (χ4n) is 5.33. The maximum atomic E-state index is 13.6. The number of ether oxygens (including phenoxy) is 4. The van der Waals surface area contributed by atoms with Gasteiger partial charge in [0.25, 0.3) is 0 Å². The van der Waals surface area contributed by atoms with Gasteiger partial charge in [0.2, 0.25) is 0 Å². The number of methoxy groups -OCH3 is 2. The van der Waals surface area contributed by atoms with E-state index in [2.05, 4.69) is 0 Å². The molecule has 0 fully saturated rings. The summed E-state index contributed by atoms with van der Waals surface area (Å²) < 4.78 is 104. The van der Waals surface area contributed by atoms with Crippen LogP contribution in [0.5, 0.6) is 11.5 Å². The normalized spacial score (nSPS) is 16.3. The van der Waals surface area contributed by atoms with E-state index in [9.17, 15) is 35.9 Å². The molecule has 46 heavy (non-hydrogen) atoms. The SMILES string of the molecule is CCOC(=O)N1c2cc(OCc3ccccc3)c(OC)cc2[C@@H](N(Cc2cc(C(F)(F)F)cc(C(F)(F)F)c2)C(=O)OC)C[C@H]1C. The lowest BCUT2D eigenvalue weighted by Crippen LogP contribution is -2.47. The van der Waals surface area contributed by atoms with E-state index < -0.39 is 59.9 Å². The van der Waals surface area contributed by atoms with Crippen molar-refractivity contribution in [3.05, 3.63) is 88.5 Å². The second-order valence-corrected chi connectivity index (χ2v) is 10.5. The van der Waals surface area contributed by atoms with Gasteiger partial charge in [-0.05, 0) is 55.7 Å². The fourth-order valence-corrected chi connectivity index (χ4v) is 5.33. The Labute approximate surface area is 261 Å².